The maximum atomic E-state index is 14.3. The van der Waals surface area contributed by atoms with E-state index in [9.17, 15) is 28.7 Å². The van der Waals surface area contributed by atoms with Crippen molar-refractivity contribution in [1.82, 2.24) is 9.55 Å². The third-order valence-corrected chi connectivity index (χ3v) is 3.80. The molecule has 0 unspecified atom stereocenters. The number of aromatic amines is 1. The zero-order valence-corrected chi connectivity index (χ0v) is 13.7. The van der Waals surface area contributed by atoms with Gasteiger partial charge in [-0.05, 0) is 13.8 Å². The first kappa shape index (κ1) is 19.0. The van der Waals surface area contributed by atoms with Gasteiger partial charge in [-0.25, -0.2) is 9.18 Å². The topological polar surface area (TPSA) is 128 Å². The van der Waals surface area contributed by atoms with Crippen molar-refractivity contribution in [2.45, 2.75) is 51.3 Å². The second-order valence-electron chi connectivity index (χ2n) is 5.86. The van der Waals surface area contributed by atoms with Gasteiger partial charge in [0.25, 0.3) is 5.56 Å². The number of aliphatic hydroxyl groups excluding tert-OH is 1. The molecule has 1 aromatic heterocycles. The van der Waals surface area contributed by atoms with Crippen molar-refractivity contribution in [1.29, 1.82) is 0 Å². The fraction of sp³-hybridized carbons (Fsp3) is 0.600. The second-order valence-corrected chi connectivity index (χ2v) is 5.86. The van der Waals surface area contributed by atoms with Gasteiger partial charge in [0.05, 0.1) is 6.42 Å². The summed E-state index contributed by atoms with van der Waals surface area (Å²) in [7, 11) is 0. The number of aliphatic hydroxyl groups is 1. The first-order valence-electron chi connectivity index (χ1n) is 7.65. The lowest BCUT2D eigenvalue weighted by Crippen LogP contribution is -2.36. The standard InChI is InChI=1S/C15H19FN2O7/c1-7-5-18(15(23)17-13(7)22)14-11(16)12(21)9(25-14)6-24-10(20)4-3-8(2)19/h5,9,11-12,14,21H,3-4,6H2,1-2H3,(H,17,22,23)/t9-,11+,12-,14-/m1/s1. The van der Waals surface area contributed by atoms with E-state index in [1.165, 1.54) is 13.8 Å². The van der Waals surface area contributed by atoms with Crippen LogP contribution in [0.1, 0.15) is 31.6 Å². The van der Waals surface area contributed by atoms with Gasteiger partial charge in [0.1, 0.15) is 24.6 Å². The van der Waals surface area contributed by atoms with E-state index < -0.39 is 48.4 Å². The highest BCUT2D eigenvalue weighted by molar-refractivity contribution is 5.80. The van der Waals surface area contributed by atoms with Crippen LogP contribution in [0.2, 0.25) is 0 Å². The van der Waals surface area contributed by atoms with Crippen LogP contribution < -0.4 is 11.2 Å². The van der Waals surface area contributed by atoms with Gasteiger partial charge in [-0.2, -0.15) is 0 Å². The van der Waals surface area contributed by atoms with E-state index >= 15 is 0 Å². The first-order valence-corrected chi connectivity index (χ1v) is 7.65. The van der Waals surface area contributed by atoms with Crippen molar-refractivity contribution in [2.24, 2.45) is 0 Å². The number of Topliss-reactive ketones (excluding diaryl/α,β-unsaturated/α-hetero) is 1. The summed E-state index contributed by atoms with van der Waals surface area (Å²) in [4.78, 5) is 47.5. The van der Waals surface area contributed by atoms with Gasteiger partial charge in [-0.15, -0.1) is 0 Å². The maximum Gasteiger partial charge on any atom is 0.330 e. The smallest absolute Gasteiger partial charge is 0.330 e. The fourth-order valence-electron chi connectivity index (χ4n) is 2.37. The van der Waals surface area contributed by atoms with Gasteiger partial charge in [0.2, 0.25) is 0 Å². The molecule has 9 nitrogen and oxygen atoms in total. The number of carbonyl (C=O) groups excluding carboxylic acids is 2. The molecule has 0 aliphatic carbocycles. The Morgan fingerprint density at radius 1 is 1.40 bits per heavy atom. The summed E-state index contributed by atoms with van der Waals surface area (Å²) < 4.78 is 25.3. The molecule has 1 aliphatic rings. The normalized spacial score (nSPS) is 25.8. The number of ketones is 1. The third kappa shape index (κ3) is 4.40. The molecule has 0 amide bonds. The van der Waals surface area contributed by atoms with Crippen molar-refractivity contribution in [3.63, 3.8) is 0 Å². The quantitative estimate of drug-likeness (QED) is 0.647. The highest BCUT2D eigenvalue weighted by atomic mass is 19.1. The zero-order valence-electron chi connectivity index (χ0n) is 13.7. The van der Waals surface area contributed by atoms with Crippen molar-refractivity contribution in [2.75, 3.05) is 6.61 Å². The van der Waals surface area contributed by atoms with Crippen LogP contribution in [0.15, 0.2) is 15.8 Å². The summed E-state index contributed by atoms with van der Waals surface area (Å²) in [5, 5.41) is 9.90. The monoisotopic (exact) mass is 358 g/mol. The molecular formula is C15H19FN2O7. The number of H-pyrrole nitrogens is 1. The second kappa shape index (κ2) is 7.70. The molecular weight excluding hydrogens is 339 g/mol. The van der Waals surface area contributed by atoms with Crippen LogP contribution in [0.3, 0.4) is 0 Å². The fourth-order valence-corrected chi connectivity index (χ4v) is 2.37. The number of rotatable bonds is 6. The van der Waals surface area contributed by atoms with Crippen LogP contribution in [0.5, 0.6) is 0 Å². The number of carbonyl (C=O) groups is 2. The maximum absolute atomic E-state index is 14.3. The zero-order chi connectivity index (χ0) is 18.7. The summed E-state index contributed by atoms with van der Waals surface area (Å²) in [5.74, 6) is -0.854. The minimum atomic E-state index is -1.95. The van der Waals surface area contributed by atoms with Crippen molar-refractivity contribution < 1.29 is 28.6 Å². The largest absolute Gasteiger partial charge is 0.463 e. The number of hydrogen-bond acceptors (Lipinski definition) is 7. The number of halogens is 1. The number of aromatic nitrogens is 2. The molecule has 25 heavy (non-hydrogen) atoms. The summed E-state index contributed by atoms with van der Waals surface area (Å²) in [6.45, 7) is 2.34. The van der Waals surface area contributed by atoms with Gasteiger partial charge >= 0.3 is 11.7 Å². The number of esters is 1. The molecule has 10 heteroatoms. The Balaban J connectivity index is 2.05. The Morgan fingerprint density at radius 3 is 2.72 bits per heavy atom. The Kier molecular flexibility index (Phi) is 5.85. The van der Waals surface area contributed by atoms with E-state index in [0.717, 1.165) is 10.8 Å². The molecule has 2 heterocycles. The van der Waals surface area contributed by atoms with E-state index in [-0.39, 0.29) is 24.2 Å². The Hall–Kier alpha value is -2.33. The summed E-state index contributed by atoms with van der Waals surface area (Å²) >= 11 is 0. The number of ether oxygens (including phenoxy) is 2. The highest BCUT2D eigenvalue weighted by Gasteiger charge is 2.46. The molecule has 0 saturated carbocycles. The van der Waals surface area contributed by atoms with E-state index in [4.69, 9.17) is 9.47 Å². The Morgan fingerprint density at radius 2 is 2.08 bits per heavy atom. The lowest BCUT2D eigenvalue weighted by atomic mass is 10.1. The first-order chi connectivity index (χ1) is 11.7. The van der Waals surface area contributed by atoms with Gasteiger partial charge in [-0.3, -0.25) is 19.1 Å². The van der Waals surface area contributed by atoms with E-state index in [1.807, 2.05) is 4.98 Å². The van der Waals surface area contributed by atoms with Crippen LogP contribution in [-0.2, 0) is 19.1 Å². The molecule has 2 rings (SSSR count). The number of aryl methyl sites for hydroxylation is 1. The lowest BCUT2D eigenvalue weighted by molar-refractivity contribution is -0.151. The van der Waals surface area contributed by atoms with Crippen LogP contribution in [0.25, 0.3) is 0 Å². The van der Waals surface area contributed by atoms with E-state index in [2.05, 4.69) is 0 Å². The van der Waals surface area contributed by atoms with Crippen LogP contribution >= 0.6 is 0 Å². The van der Waals surface area contributed by atoms with E-state index in [0.29, 0.717) is 0 Å². The molecule has 1 saturated heterocycles. The van der Waals surface area contributed by atoms with Crippen LogP contribution in [-0.4, -0.2) is 51.4 Å². The summed E-state index contributed by atoms with van der Waals surface area (Å²) in [5.41, 5.74) is -1.32. The highest BCUT2D eigenvalue weighted by Crippen LogP contribution is 2.31. The van der Waals surface area contributed by atoms with Crippen molar-refractivity contribution in [3.8, 4) is 0 Å². The number of nitrogens with zero attached hydrogens (tertiary/aromatic N) is 1. The minimum Gasteiger partial charge on any atom is -0.463 e. The molecule has 0 bridgehead atoms. The number of hydrogen-bond donors (Lipinski definition) is 2. The molecule has 1 aliphatic heterocycles. The molecule has 0 aromatic carbocycles. The average molecular weight is 358 g/mol. The van der Waals surface area contributed by atoms with Crippen molar-refractivity contribution in [3.05, 3.63) is 32.6 Å². The number of alkyl halides is 1. The SMILES string of the molecule is CC(=O)CCC(=O)OC[C@H]1O[C@@H](n2cc(C)c(=O)[nH]c2=O)[C@@H](F)[C@@H]1O. The molecule has 4 atom stereocenters. The molecule has 0 radical (unpaired) electrons. The van der Waals surface area contributed by atoms with Gasteiger partial charge < -0.3 is 19.4 Å². The van der Waals surface area contributed by atoms with Gasteiger partial charge in [0, 0.05) is 18.2 Å². The predicted octanol–water partition coefficient (Wildman–Crippen LogP) is -0.646. The Bertz CT molecular complexity index is 772. The van der Waals surface area contributed by atoms with Crippen LogP contribution in [0.4, 0.5) is 4.39 Å². The molecule has 0 spiro atoms. The number of nitrogens with one attached hydrogen (secondary N) is 1. The average Bonchev–Trinajstić information content (AvgIpc) is 2.82. The molecule has 138 valence electrons. The van der Waals surface area contributed by atoms with Gasteiger partial charge in [-0.1, -0.05) is 0 Å². The van der Waals surface area contributed by atoms with E-state index in [1.54, 1.807) is 0 Å². The summed E-state index contributed by atoms with van der Waals surface area (Å²) in [6, 6.07) is 0. The predicted molar refractivity (Wildman–Crippen MR) is 81.7 cm³/mol. The molecule has 2 N–H and O–H groups in total. The van der Waals surface area contributed by atoms with Crippen molar-refractivity contribution >= 4 is 11.8 Å². The van der Waals surface area contributed by atoms with Crippen LogP contribution in [0, 0.1) is 6.92 Å². The third-order valence-electron chi connectivity index (χ3n) is 3.80. The van der Waals surface area contributed by atoms with Gasteiger partial charge in [0.15, 0.2) is 12.4 Å². The lowest BCUT2D eigenvalue weighted by Gasteiger charge is -2.16. The molecule has 1 fully saturated rings. The summed E-state index contributed by atoms with van der Waals surface area (Å²) in [6.07, 6.45) is -5.19. The minimum absolute atomic E-state index is 0.0212. The Labute approximate surface area is 141 Å². The molecule has 1 aromatic rings.